The standard InChI is InChI=1S/C18H17N3O/c1-21(17-11-8-14-4-2-3-5-16(14)17)18(22)20-15-9-6-13(12-19)7-10-15/h2-7,9-10,17H,8,11H2,1H3,(H,20,22). The fourth-order valence-corrected chi connectivity index (χ4v) is 2.92. The van der Waals surface area contributed by atoms with Gasteiger partial charge in [0.1, 0.15) is 0 Å². The molecule has 3 rings (SSSR count). The number of carbonyl (C=O) groups is 1. The van der Waals surface area contributed by atoms with Crippen LogP contribution in [-0.2, 0) is 6.42 Å². The minimum absolute atomic E-state index is 0.120. The monoisotopic (exact) mass is 291 g/mol. The van der Waals surface area contributed by atoms with Crippen molar-refractivity contribution < 1.29 is 4.79 Å². The molecule has 0 aliphatic heterocycles. The van der Waals surface area contributed by atoms with Crippen LogP contribution >= 0.6 is 0 Å². The van der Waals surface area contributed by atoms with Gasteiger partial charge in [0.25, 0.3) is 0 Å². The second-order valence-corrected chi connectivity index (χ2v) is 5.48. The van der Waals surface area contributed by atoms with Crippen LogP contribution in [0, 0.1) is 11.3 Å². The molecule has 4 nitrogen and oxygen atoms in total. The Morgan fingerprint density at radius 1 is 1.23 bits per heavy atom. The molecule has 0 bridgehead atoms. The third kappa shape index (κ3) is 2.66. The zero-order valence-corrected chi connectivity index (χ0v) is 12.4. The lowest BCUT2D eigenvalue weighted by molar-refractivity contribution is 0.204. The van der Waals surface area contributed by atoms with E-state index in [1.165, 1.54) is 11.1 Å². The summed E-state index contributed by atoms with van der Waals surface area (Å²) in [5, 5.41) is 11.7. The van der Waals surface area contributed by atoms with Crippen LogP contribution in [0.1, 0.15) is 29.2 Å². The van der Waals surface area contributed by atoms with Crippen LogP contribution in [0.3, 0.4) is 0 Å². The average Bonchev–Trinajstić information content (AvgIpc) is 2.99. The van der Waals surface area contributed by atoms with E-state index >= 15 is 0 Å². The molecule has 0 heterocycles. The lowest BCUT2D eigenvalue weighted by atomic mass is 10.1. The van der Waals surface area contributed by atoms with Crippen molar-refractivity contribution in [2.24, 2.45) is 0 Å². The molecule has 0 spiro atoms. The smallest absolute Gasteiger partial charge is 0.321 e. The van der Waals surface area contributed by atoms with Gasteiger partial charge in [-0.1, -0.05) is 24.3 Å². The van der Waals surface area contributed by atoms with Crippen LogP contribution < -0.4 is 5.32 Å². The van der Waals surface area contributed by atoms with Crippen molar-refractivity contribution in [2.45, 2.75) is 18.9 Å². The van der Waals surface area contributed by atoms with E-state index in [1.807, 2.05) is 19.2 Å². The largest absolute Gasteiger partial charge is 0.322 e. The molecular formula is C18H17N3O. The molecule has 1 N–H and O–H groups in total. The minimum atomic E-state index is -0.133. The summed E-state index contributed by atoms with van der Waals surface area (Å²) in [6.07, 6.45) is 1.96. The molecule has 2 aromatic carbocycles. The maximum atomic E-state index is 12.4. The maximum absolute atomic E-state index is 12.4. The van der Waals surface area contributed by atoms with Gasteiger partial charge >= 0.3 is 6.03 Å². The Bertz CT molecular complexity index is 731. The molecule has 0 radical (unpaired) electrons. The highest BCUT2D eigenvalue weighted by atomic mass is 16.2. The molecule has 0 saturated carbocycles. The van der Waals surface area contributed by atoms with Gasteiger partial charge in [0, 0.05) is 12.7 Å². The van der Waals surface area contributed by atoms with Gasteiger partial charge in [0.05, 0.1) is 17.7 Å². The number of rotatable bonds is 2. The number of aryl methyl sites for hydroxylation is 1. The molecule has 110 valence electrons. The normalized spacial score (nSPS) is 15.7. The number of hydrogen-bond donors (Lipinski definition) is 1. The van der Waals surface area contributed by atoms with E-state index in [9.17, 15) is 4.79 Å². The maximum Gasteiger partial charge on any atom is 0.322 e. The first-order valence-electron chi connectivity index (χ1n) is 7.31. The number of hydrogen-bond acceptors (Lipinski definition) is 2. The third-order valence-corrected chi connectivity index (χ3v) is 4.15. The predicted octanol–water partition coefficient (Wildman–Crippen LogP) is 3.71. The van der Waals surface area contributed by atoms with Crippen LogP contribution in [-0.4, -0.2) is 18.0 Å². The Hall–Kier alpha value is -2.80. The fourth-order valence-electron chi connectivity index (χ4n) is 2.92. The molecule has 2 amide bonds. The number of urea groups is 1. The van der Waals surface area contributed by atoms with Gasteiger partial charge in [-0.05, 0) is 48.2 Å². The summed E-state index contributed by atoms with van der Waals surface area (Å²) in [4.78, 5) is 14.2. The van der Waals surface area contributed by atoms with Gasteiger partial charge in [-0.2, -0.15) is 5.26 Å². The molecule has 2 aromatic rings. The first-order chi connectivity index (χ1) is 10.7. The zero-order chi connectivity index (χ0) is 15.5. The number of nitrogens with one attached hydrogen (secondary N) is 1. The Morgan fingerprint density at radius 2 is 1.95 bits per heavy atom. The lowest BCUT2D eigenvalue weighted by Crippen LogP contribution is -2.34. The van der Waals surface area contributed by atoms with Crippen molar-refractivity contribution in [3.8, 4) is 6.07 Å². The summed E-state index contributed by atoms with van der Waals surface area (Å²) in [6, 6.07) is 17.2. The van der Waals surface area contributed by atoms with Crippen LogP contribution in [0.15, 0.2) is 48.5 Å². The van der Waals surface area contributed by atoms with Gasteiger partial charge in [-0.25, -0.2) is 4.79 Å². The summed E-state index contributed by atoms with van der Waals surface area (Å²) in [7, 11) is 1.83. The highest BCUT2D eigenvalue weighted by molar-refractivity contribution is 5.89. The summed E-state index contributed by atoms with van der Waals surface area (Å²) in [5.74, 6) is 0. The SMILES string of the molecule is CN(C(=O)Nc1ccc(C#N)cc1)C1CCc2ccccc21. The van der Waals surface area contributed by atoms with Crippen LogP contribution in [0.25, 0.3) is 0 Å². The second kappa shape index (κ2) is 5.90. The number of benzene rings is 2. The quantitative estimate of drug-likeness (QED) is 0.917. The molecule has 1 aliphatic rings. The number of carbonyl (C=O) groups excluding carboxylic acids is 1. The van der Waals surface area contributed by atoms with Crippen molar-refractivity contribution in [1.29, 1.82) is 5.26 Å². The summed E-state index contributed by atoms with van der Waals surface area (Å²) in [5.41, 5.74) is 3.84. The highest BCUT2D eigenvalue weighted by Gasteiger charge is 2.28. The van der Waals surface area contributed by atoms with E-state index in [-0.39, 0.29) is 12.1 Å². The first-order valence-corrected chi connectivity index (χ1v) is 7.31. The van der Waals surface area contributed by atoms with Crippen molar-refractivity contribution in [2.75, 3.05) is 12.4 Å². The van der Waals surface area contributed by atoms with Crippen LogP contribution in [0.5, 0.6) is 0 Å². The van der Waals surface area contributed by atoms with Crippen LogP contribution in [0.4, 0.5) is 10.5 Å². The molecule has 0 fully saturated rings. The Labute approximate surface area is 130 Å². The molecule has 1 atom stereocenters. The summed E-state index contributed by atoms with van der Waals surface area (Å²) >= 11 is 0. The van der Waals surface area contributed by atoms with E-state index in [0.717, 1.165) is 12.8 Å². The fraction of sp³-hybridized carbons (Fsp3) is 0.222. The lowest BCUT2D eigenvalue weighted by Gasteiger charge is -2.25. The molecule has 1 aliphatic carbocycles. The van der Waals surface area contributed by atoms with E-state index in [1.54, 1.807) is 29.2 Å². The molecule has 4 heteroatoms. The van der Waals surface area contributed by atoms with Crippen molar-refractivity contribution >= 4 is 11.7 Å². The third-order valence-electron chi connectivity index (χ3n) is 4.15. The Morgan fingerprint density at radius 3 is 2.68 bits per heavy atom. The Balaban J connectivity index is 1.71. The van der Waals surface area contributed by atoms with Crippen molar-refractivity contribution in [3.63, 3.8) is 0 Å². The second-order valence-electron chi connectivity index (χ2n) is 5.48. The minimum Gasteiger partial charge on any atom is -0.321 e. The van der Waals surface area contributed by atoms with Gasteiger partial charge in [-0.3, -0.25) is 0 Å². The van der Waals surface area contributed by atoms with Gasteiger partial charge in [-0.15, -0.1) is 0 Å². The molecule has 1 unspecified atom stereocenters. The first kappa shape index (κ1) is 14.2. The highest BCUT2D eigenvalue weighted by Crippen LogP contribution is 2.34. The average molecular weight is 291 g/mol. The number of amides is 2. The van der Waals surface area contributed by atoms with Gasteiger partial charge in [0.15, 0.2) is 0 Å². The van der Waals surface area contributed by atoms with E-state index in [2.05, 4.69) is 23.5 Å². The van der Waals surface area contributed by atoms with Gasteiger partial charge < -0.3 is 10.2 Å². The van der Waals surface area contributed by atoms with Crippen molar-refractivity contribution in [3.05, 3.63) is 65.2 Å². The van der Waals surface area contributed by atoms with E-state index < -0.39 is 0 Å². The number of anilines is 1. The topological polar surface area (TPSA) is 56.1 Å². The predicted molar refractivity (Wildman–Crippen MR) is 85.4 cm³/mol. The van der Waals surface area contributed by atoms with Crippen LogP contribution in [0.2, 0.25) is 0 Å². The zero-order valence-electron chi connectivity index (χ0n) is 12.4. The molecule has 0 saturated heterocycles. The Kier molecular flexibility index (Phi) is 3.80. The van der Waals surface area contributed by atoms with E-state index in [0.29, 0.717) is 11.3 Å². The molecular weight excluding hydrogens is 274 g/mol. The summed E-state index contributed by atoms with van der Waals surface area (Å²) < 4.78 is 0. The number of nitriles is 1. The number of nitrogens with zero attached hydrogens (tertiary/aromatic N) is 2. The van der Waals surface area contributed by atoms with E-state index in [4.69, 9.17) is 5.26 Å². The molecule has 22 heavy (non-hydrogen) atoms. The molecule has 0 aromatic heterocycles. The summed E-state index contributed by atoms with van der Waals surface area (Å²) in [6.45, 7) is 0. The van der Waals surface area contributed by atoms with Gasteiger partial charge in [0.2, 0.25) is 0 Å². The number of fused-ring (bicyclic) bond motifs is 1. The van der Waals surface area contributed by atoms with Crippen molar-refractivity contribution in [1.82, 2.24) is 4.90 Å².